The molecule has 0 aromatic heterocycles. The van der Waals surface area contributed by atoms with Crippen molar-refractivity contribution in [3.05, 3.63) is 12.3 Å². The van der Waals surface area contributed by atoms with Gasteiger partial charge in [0.25, 0.3) is 0 Å². The second-order valence-electron chi connectivity index (χ2n) is 3.31. The number of hydrogen-bond donors (Lipinski definition) is 0. The Bertz CT molecular complexity index is 268. The van der Waals surface area contributed by atoms with Crippen molar-refractivity contribution in [2.45, 2.75) is 26.3 Å². The lowest BCUT2D eigenvalue weighted by Gasteiger charge is -2.28. The van der Waals surface area contributed by atoms with Crippen LogP contribution in [0.25, 0.3) is 0 Å². The number of ether oxygens (including phenoxy) is 1. The van der Waals surface area contributed by atoms with Crippen LogP contribution in [0.1, 0.15) is 20.8 Å². The Hall–Kier alpha value is -1.32. The number of carbonyl (C=O) groups is 2. The molecule has 1 rings (SSSR count). The van der Waals surface area contributed by atoms with E-state index in [1.807, 2.05) is 0 Å². The second-order valence-corrected chi connectivity index (χ2v) is 3.31. The molecule has 0 N–H and O–H groups in total. The molecule has 0 aromatic carbocycles. The van der Waals surface area contributed by atoms with Crippen LogP contribution in [0.4, 0.5) is 4.79 Å². The second kappa shape index (κ2) is 3.20. The van der Waals surface area contributed by atoms with Crippen LogP contribution < -0.4 is 0 Å². The minimum Gasteiger partial charge on any atom is -0.449 e. The molecule has 0 atom stereocenters. The van der Waals surface area contributed by atoms with Gasteiger partial charge in [-0.2, -0.15) is 0 Å². The predicted molar refractivity (Wildman–Crippen MR) is 47.1 cm³/mol. The molecule has 0 saturated heterocycles. The molecule has 72 valence electrons. The van der Waals surface area contributed by atoms with Crippen molar-refractivity contribution < 1.29 is 14.3 Å². The van der Waals surface area contributed by atoms with Gasteiger partial charge in [0.15, 0.2) is 5.78 Å². The first-order valence-corrected chi connectivity index (χ1v) is 4.19. The maximum Gasteiger partial charge on any atom is 0.414 e. The van der Waals surface area contributed by atoms with E-state index in [0.717, 1.165) is 0 Å². The molecule has 0 aliphatic carbocycles. The fraction of sp³-hybridized carbons (Fsp3) is 0.556. The zero-order chi connectivity index (χ0) is 10.1. The monoisotopic (exact) mass is 183 g/mol. The van der Waals surface area contributed by atoms with Crippen LogP contribution in [0, 0.1) is 0 Å². The van der Waals surface area contributed by atoms with Crippen molar-refractivity contribution in [3.8, 4) is 0 Å². The van der Waals surface area contributed by atoms with E-state index in [1.54, 1.807) is 20.8 Å². The van der Waals surface area contributed by atoms with Gasteiger partial charge in [0.2, 0.25) is 0 Å². The summed E-state index contributed by atoms with van der Waals surface area (Å²) in [5, 5.41) is 0. The standard InChI is InChI=1S/C9H13NO3/c1-4-13-8(12)10-6-5-7(11)9(10,2)3/h5-6H,4H2,1-3H3. The molecule has 0 saturated carbocycles. The zero-order valence-electron chi connectivity index (χ0n) is 8.03. The van der Waals surface area contributed by atoms with E-state index < -0.39 is 11.6 Å². The average molecular weight is 183 g/mol. The molecule has 0 aromatic rings. The average Bonchev–Trinajstić information content (AvgIpc) is 2.28. The van der Waals surface area contributed by atoms with Gasteiger partial charge in [-0.05, 0) is 20.8 Å². The van der Waals surface area contributed by atoms with Crippen molar-refractivity contribution >= 4 is 11.9 Å². The van der Waals surface area contributed by atoms with Crippen LogP contribution in [-0.4, -0.2) is 28.9 Å². The Morgan fingerprint density at radius 3 is 2.62 bits per heavy atom. The third-order valence-corrected chi connectivity index (χ3v) is 2.04. The van der Waals surface area contributed by atoms with Gasteiger partial charge in [-0.25, -0.2) is 4.79 Å². The van der Waals surface area contributed by atoms with E-state index in [0.29, 0.717) is 6.61 Å². The van der Waals surface area contributed by atoms with Gasteiger partial charge in [0.05, 0.1) is 6.61 Å². The van der Waals surface area contributed by atoms with Gasteiger partial charge in [0, 0.05) is 12.3 Å². The lowest BCUT2D eigenvalue weighted by atomic mass is 10.0. The van der Waals surface area contributed by atoms with Crippen molar-refractivity contribution in [1.29, 1.82) is 0 Å². The molecule has 1 aliphatic heterocycles. The predicted octanol–water partition coefficient (Wildman–Crippen LogP) is 1.32. The Balaban J connectivity index is 2.78. The quantitative estimate of drug-likeness (QED) is 0.616. The molecule has 0 spiro atoms. The van der Waals surface area contributed by atoms with E-state index >= 15 is 0 Å². The van der Waals surface area contributed by atoms with E-state index in [-0.39, 0.29) is 5.78 Å². The lowest BCUT2D eigenvalue weighted by Crippen LogP contribution is -2.45. The number of rotatable bonds is 1. The molecule has 4 heteroatoms. The Labute approximate surface area is 77.2 Å². The molecule has 0 radical (unpaired) electrons. The summed E-state index contributed by atoms with van der Waals surface area (Å²) >= 11 is 0. The normalized spacial score (nSPS) is 19.3. The van der Waals surface area contributed by atoms with Crippen molar-refractivity contribution in [3.63, 3.8) is 0 Å². The van der Waals surface area contributed by atoms with Crippen molar-refractivity contribution in [1.82, 2.24) is 4.90 Å². The highest BCUT2D eigenvalue weighted by atomic mass is 16.6. The summed E-state index contributed by atoms with van der Waals surface area (Å²) in [5.74, 6) is -0.0828. The molecule has 0 fully saturated rings. The molecule has 0 unspecified atom stereocenters. The largest absolute Gasteiger partial charge is 0.449 e. The first-order valence-electron chi connectivity index (χ1n) is 4.19. The summed E-state index contributed by atoms with van der Waals surface area (Å²) in [6.45, 7) is 5.42. The number of carbonyl (C=O) groups excluding carboxylic acids is 2. The van der Waals surface area contributed by atoms with Crippen LogP contribution in [0.2, 0.25) is 0 Å². The Morgan fingerprint density at radius 2 is 2.23 bits per heavy atom. The highest BCUT2D eigenvalue weighted by Gasteiger charge is 2.40. The topological polar surface area (TPSA) is 46.6 Å². The Morgan fingerprint density at radius 1 is 1.62 bits per heavy atom. The summed E-state index contributed by atoms with van der Waals surface area (Å²) in [4.78, 5) is 23.9. The number of ketones is 1. The fourth-order valence-electron chi connectivity index (χ4n) is 1.13. The first kappa shape index (κ1) is 9.77. The van der Waals surface area contributed by atoms with Crippen molar-refractivity contribution in [2.75, 3.05) is 6.61 Å². The van der Waals surface area contributed by atoms with Crippen molar-refractivity contribution in [2.24, 2.45) is 0 Å². The van der Waals surface area contributed by atoms with Crippen LogP contribution in [0.15, 0.2) is 12.3 Å². The van der Waals surface area contributed by atoms with Gasteiger partial charge >= 0.3 is 6.09 Å². The molecule has 1 amide bonds. The van der Waals surface area contributed by atoms with Crippen LogP contribution >= 0.6 is 0 Å². The van der Waals surface area contributed by atoms with E-state index in [2.05, 4.69) is 0 Å². The first-order chi connectivity index (χ1) is 6.00. The molecular formula is C9H13NO3. The number of hydrogen-bond acceptors (Lipinski definition) is 3. The molecule has 0 bridgehead atoms. The minimum absolute atomic E-state index is 0.0828. The summed E-state index contributed by atoms with van der Waals surface area (Å²) in [6, 6.07) is 0. The maximum atomic E-state index is 11.3. The molecule has 1 aliphatic rings. The highest BCUT2D eigenvalue weighted by Crippen LogP contribution is 2.23. The maximum absolute atomic E-state index is 11.3. The van der Waals surface area contributed by atoms with Crippen LogP contribution in [0.5, 0.6) is 0 Å². The molecule has 4 nitrogen and oxygen atoms in total. The van der Waals surface area contributed by atoms with E-state index in [4.69, 9.17) is 4.74 Å². The SMILES string of the molecule is CCOC(=O)N1C=CC(=O)C1(C)C. The third kappa shape index (κ3) is 1.56. The highest BCUT2D eigenvalue weighted by molar-refractivity contribution is 6.02. The molecular weight excluding hydrogens is 170 g/mol. The summed E-state index contributed by atoms with van der Waals surface area (Å²) in [7, 11) is 0. The number of nitrogens with zero attached hydrogens (tertiary/aromatic N) is 1. The van der Waals surface area contributed by atoms with E-state index in [1.165, 1.54) is 17.2 Å². The third-order valence-electron chi connectivity index (χ3n) is 2.04. The van der Waals surface area contributed by atoms with Gasteiger partial charge in [-0.15, -0.1) is 0 Å². The summed E-state index contributed by atoms with van der Waals surface area (Å²) in [5.41, 5.74) is -0.799. The summed E-state index contributed by atoms with van der Waals surface area (Å²) in [6.07, 6.45) is 2.37. The smallest absolute Gasteiger partial charge is 0.414 e. The number of amides is 1. The fourth-order valence-corrected chi connectivity index (χ4v) is 1.13. The minimum atomic E-state index is -0.799. The van der Waals surface area contributed by atoms with Crippen LogP contribution in [-0.2, 0) is 9.53 Å². The van der Waals surface area contributed by atoms with Gasteiger partial charge in [-0.1, -0.05) is 0 Å². The lowest BCUT2D eigenvalue weighted by molar-refractivity contribution is -0.120. The molecule has 1 heterocycles. The van der Waals surface area contributed by atoms with Gasteiger partial charge in [-0.3, -0.25) is 9.69 Å². The van der Waals surface area contributed by atoms with Gasteiger partial charge in [0.1, 0.15) is 5.54 Å². The van der Waals surface area contributed by atoms with Crippen LogP contribution in [0.3, 0.4) is 0 Å². The Kier molecular flexibility index (Phi) is 2.40. The van der Waals surface area contributed by atoms with Gasteiger partial charge < -0.3 is 4.74 Å². The zero-order valence-corrected chi connectivity index (χ0v) is 8.03. The van der Waals surface area contributed by atoms with E-state index in [9.17, 15) is 9.59 Å². The summed E-state index contributed by atoms with van der Waals surface area (Å²) < 4.78 is 4.79. The molecule has 13 heavy (non-hydrogen) atoms.